The number of morpholine rings is 1. The van der Waals surface area contributed by atoms with Crippen molar-refractivity contribution in [3.8, 4) is 0 Å². The first-order valence-electron chi connectivity index (χ1n) is 6.04. The fraction of sp³-hybridized carbons (Fsp3) is 0.583. The summed E-state index contributed by atoms with van der Waals surface area (Å²) in [5, 5.41) is 7.27. The van der Waals surface area contributed by atoms with Gasteiger partial charge in [-0.1, -0.05) is 0 Å². The number of carbonyl (C=O) groups excluding carboxylic acids is 1. The smallest absolute Gasteiger partial charge is 0.253 e. The van der Waals surface area contributed by atoms with E-state index in [-0.39, 0.29) is 12.5 Å². The minimum atomic E-state index is -0.410. The maximum Gasteiger partial charge on any atom is 0.253 e. The molecule has 0 radical (unpaired) electrons. The zero-order valence-electron chi connectivity index (χ0n) is 10.1. The molecule has 2 aliphatic heterocycles. The molecule has 1 aromatic heterocycles. The molecule has 3 heterocycles. The topological polar surface area (TPSA) is 50.8 Å². The van der Waals surface area contributed by atoms with Gasteiger partial charge < -0.3 is 19.7 Å². The number of nitrogens with one attached hydrogen (secondary N) is 1. The third kappa shape index (κ3) is 2.29. The van der Waals surface area contributed by atoms with Crippen LogP contribution in [0.1, 0.15) is 0 Å². The van der Waals surface area contributed by atoms with Crippen LogP contribution in [0.25, 0.3) is 0 Å². The molecule has 6 heteroatoms. The Balaban J connectivity index is 1.80. The van der Waals surface area contributed by atoms with Gasteiger partial charge in [-0.05, 0) is 11.4 Å². The number of thiophene rings is 1. The van der Waals surface area contributed by atoms with E-state index in [1.807, 2.05) is 16.8 Å². The summed E-state index contributed by atoms with van der Waals surface area (Å²) < 4.78 is 11.3. The Labute approximate surface area is 110 Å². The molecule has 0 aromatic carbocycles. The molecule has 2 aliphatic rings. The lowest BCUT2D eigenvalue weighted by atomic mass is 10.0. The summed E-state index contributed by atoms with van der Waals surface area (Å²) in [7, 11) is 0. The highest BCUT2D eigenvalue weighted by Crippen LogP contribution is 2.26. The number of amides is 1. The van der Waals surface area contributed by atoms with Crippen LogP contribution in [0, 0.1) is 0 Å². The van der Waals surface area contributed by atoms with Gasteiger partial charge in [0.05, 0.1) is 25.4 Å². The maximum atomic E-state index is 11.9. The fourth-order valence-corrected chi connectivity index (χ4v) is 2.97. The van der Waals surface area contributed by atoms with Gasteiger partial charge in [0.2, 0.25) is 0 Å². The first kappa shape index (κ1) is 12.1. The van der Waals surface area contributed by atoms with E-state index in [1.54, 1.807) is 16.2 Å². The van der Waals surface area contributed by atoms with E-state index < -0.39 is 5.60 Å². The lowest BCUT2D eigenvalue weighted by Gasteiger charge is -2.41. The molecular weight excluding hydrogens is 252 g/mol. The SMILES string of the molecule is O=C1CO[C@]2(CNCCOC2)CN1c1ccsc1. The molecule has 0 bridgehead atoms. The maximum absolute atomic E-state index is 11.9. The monoisotopic (exact) mass is 268 g/mol. The predicted octanol–water partition coefficient (Wildman–Crippen LogP) is 0.470. The fourth-order valence-electron chi connectivity index (χ4n) is 2.32. The summed E-state index contributed by atoms with van der Waals surface area (Å²) in [4.78, 5) is 13.8. The van der Waals surface area contributed by atoms with Crippen molar-refractivity contribution in [3.05, 3.63) is 16.8 Å². The van der Waals surface area contributed by atoms with Crippen LogP contribution in [-0.4, -0.2) is 51.0 Å². The number of anilines is 1. The molecule has 5 nitrogen and oxygen atoms in total. The van der Waals surface area contributed by atoms with Gasteiger partial charge in [0.1, 0.15) is 12.2 Å². The van der Waals surface area contributed by atoms with Crippen molar-refractivity contribution in [2.45, 2.75) is 5.60 Å². The molecule has 1 aromatic rings. The van der Waals surface area contributed by atoms with Crippen molar-refractivity contribution < 1.29 is 14.3 Å². The van der Waals surface area contributed by atoms with Crippen LogP contribution in [0.5, 0.6) is 0 Å². The van der Waals surface area contributed by atoms with E-state index in [2.05, 4.69) is 5.32 Å². The Morgan fingerprint density at radius 3 is 3.28 bits per heavy atom. The van der Waals surface area contributed by atoms with Crippen molar-refractivity contribution in [1.82, 2.24) is 5.32 Å². The number of hydrogen-bond donors (Lipinski definition) is 1. The number of nitrogens with zero attached hydrogens (tertiary/aromatic N) is 1. The second-order valence-corrected chi connectivity index (χ2v) is 5.44. The average molecular weight is 268 g/mol. The minimum absolute atomic E-state index is 0.0169. The van der Waals surface area contributed by atoms with Crippen molar-refractivity contribution >= 4 is 22.9 Å². The first-order valence-corrected chi connectivity index (χ1v) is 6.98. The lowest BCUT2D eigenvalue weighted by Crippen LogP contribution is -2.60. The summed E-state index contributed by atoms with van der Waals surface area (Å²) in [5.41, 5.74) is 0.545. The molecule has 0 aliphatic carbocycles. The van der Waals surface area contributed by atoms with Crippen LogP contribution >= 0.6 is 11.3 Å². The second kappa shape index (κ2) is 4.97. The van der Waals surface area contributed by atoms with E-state index >= 15 is 0 Å². The summed E-state index contributed by atoms with van der Waals surface area (Å²) >= 11 is 1.59. The van der Waals surface area contributed by atoms with E-state index in [9.17, 15) is 4.79 Å². The Morgan fingerprint density at radius 2 is 2.44 bits per heavy atom. The van der Waals surface area contributed by atoms with E-state index in [1.165, 1.54) is 0 Å². The Hall–Kier alpha value is -0.950. The summed E-state index contributed by atoms with van der Waals surface area (Å²) in [6.07, 6.45) is 0. The zero-order chi connectivity index (χ0) is 12.4. The molecule has 3 rings (SSSR count). The van der Waals surface area contributed by atoms with Gasteiger partial charge in [-0.3, -0.25) is 4.79 Å². The quantitative estimate of drug-likeness (QED) is 0.804. The van der Waals surface area contributed by atoms with Gasteiger partial charge in [-0.2, -0.15) is 11.3 Å². The summed E-state index contributed by atoms with van der Waals surface area (Å²) in [6.45, 7) is 3.46. The molecule has 1 atom stereocenters. The molecule has 18 heavy (non-hydrogen) atoms. The summed E-state index contributed by atoms with van der Waals surface area (Å²) in [6, 6.07) is 1.96. The van der Waals surface area contributed by atoms with Gasteiger partial charge in [-0.15, -0.1) is 0 Å². The van der Waals surface area contributed by atoms with Crippen LogP contribution in [0.2, 0.25) is 0 Å². The van der Waals surface area contributed by atoms with Crippen LogP contribution in [0.3, 0.4) is 0 Å². The molecule has 2 fully saturated rings. The highest BCUT2D eigenvalue weighted by atomic mass is 32.1. The van der Waals surface area contributed by atoms with Crippen LogP contribution in [0.4, 0.5) is 5.69 Å². The van der Waals surface area contributed by atoms with Gasteiger partial charge >= 0.3 is 0 Å². The van der Waals surface area contributed by atoms with Crippen molar-refractivity contribution in [3.63, 3.8) is 0 Å². The number of carbonyl (C=O) groups is 1. The lowest BCUT2D eigenvalue weighted by molar-refractivity contribution is -0.144. The van der Waals surface area contributed by atoms with Gasteiger partial charge in [0.25, 0.3) is 5.91 Å². The predicted molar refractivity (Wildman–Crippen MR) is 69.0 cm³/mol. The van der Waals surface area contributed by atoms with Gasteiger partial charge in [0, 0.05) is 18.5 Å². The Morgan fingerprint density at radius 1 is 1.50 bits per heavy atom. The van der Waals surface area contributed by atoms with E-state index in [4.69, 9.17) is 9.47 Å². The zero-order valence-corrected chi connectivity index (χ0v) is 10.9. The molecule has 1 amide bonds. The van der Waals surface area contributed by atoms with Crippen molar-refractivity contribution in [1.29, 1.82) is 0 Å². The Bertz CT molecular complexity index is 413. The minimum Gasteiger partial charge on any atom is -0.377 e. The van der Waals surface area contributed by atoms with E-state index in [0.717, 1.165) is 18.8 Å². The van der Waals surface area contributed by atoms with Crippen molar-refractivity contribution in [2.75, 3.05) is 44.4 Å². The number of hydrogen-bond acceptors (Lipinski definition) is 5. The van der Waals surface area contributed by atoms with Crippen LogP contribution in [-0.2, 0) is 14.3 Å². The average Bonchev–Trinajstić information content (AvgIpc) is 2.81. The number of ether oxygens (including phenoxy) is 2. The van der Waals surface area contributed by atoms with Crippen LogP contribution in [0.15, 0.2) is 16.8 Å². The summed E-state index contributed by atoms with van der Waals surface area (Å²) in [5.74, 6) is 0.0169. The van der Waals surface area contributed by atoms with Crippen molar-refractivity contribution in [2.24, 2.45) is 0 Å². The molecule has 1 spiro atoms. The third-order valence-electron chi connectivity index (χ3n) is 3.30. The van der Waals surface area contributed by atoms with E-state index in [0.29, 0.717) is 19.8 Å². The van der Waals surface area contributed by atoms with Gasteiger partial charge in [0.15, 0.2) is 0 Å². The molecule has 98 valence electrons. The van der Waals surface area contributed by atoms with Crippen LogP contribution < -0.4 is 10.2 Å². The molecular formula is C12H16N2O3S. The molecule has 0 unspecified atom stereocenters. The molecule has 2 saturated heterocycles. The largest absolute Gasteiger partial charge is 0.377 e. The highest BCUT2D eigenvalue weighted by Gasteiger charge is 2.41. The molecule has 0 saturated carbocycles. The molecule has 1 N–H and O–H groups in total. The number of rotatable bonds is 1. The highest BCUT2D eigenvalue weighted by molar-refractivity contribution is 7.08. The van der Waals surface area contributed by atoms with Gasteiger partial charge in [-0.25, -0.2) is 0 Å². The standard InChI is InChI=1S/C12H16N2O3S/c15-11-5-17-12(7-13-2-3-16-9-12)8-14(11)10-1-4-18-6-10/h1,4,6,13H,2-3,5,7-9H2/t12-/m1/s1. The Kier molecular flexibility index (Phi) is 3.34. The normalized spacial score (nSPS) is 29.6. The second-order valence-electron chi connectivity index (χ2n) is 4.66. The first-order chi connectivity index (χ1) is 8.79. The third-order valence-corrected chi connectivity index (χ3v) is 3.97.